The second kappa shape index (κ2) is 7.66. The molecule has 0 unspecified atom stereocenters. The summed E-state index contributed by atoms with van der Waals surface area (Å²) in [6.45, 7) is 3.22. The molecule has 9 heteroatoms. The molecule has 3 N–H and O–H groups in total. The number of alkyl halides is 3. The van der Waals surface area contributed by atoms with Crippen LogP contribution < -0.4 is 10.6 Å². The molecule has 0 amide bonds. The molecular weight excluding hydrogens is 393 g/mol. The predicted octanol–water partition coefficient (Wildman–Crippen LogP) is 4.65. The van der Waals surface area contributed by atoms with Crippen LogP contribution >= 0.6 is 0 Å². The molecule has 30 heavy (non-hydrogen) atoms. The third-order valence-electron chi connectivity index (χ3n) is 4.80. The molecule has 0 fully saturated rings. The Labute approximate surface area is 170 Å². The van der Waals surface area contributed by atoms with Gasteiger partial charge in [0, 0.05) is 36.4 Å². The van der Waals surface area contributed by atoms with Crippen molar-refractivity contribution in [3.63, 3.8) is 0 Å². The number of rotatable bonds is 5. The van der Waals surface area contributed by atoms with E-state index in [2.05, 4.69) is 19.9 Å². The van der Waals surface area contributed by atoms with E-state index < -0.39 is 11.7 Å². The maximum Gasteiger partial charge on any atom is 0.417 e. The van der Waals surface area contributed by atoms with Gasteiger partial charge in [0.2, 0.25) is 5.95 Å². The number of nitrogen functional groups attached to an aromatic ring is 1. The third-order valence-corrected chi connectivity index (χ3v) is 4.80. The number of benzene rings is 1. The van der Waals surface area contributed by atoms with E-state index >= 15 is 0 Å². The van der Waals surface area contributed by atoms with E-state index in [0.29, 0.717) is 41.3 Å². The first-order chi connectivity index (χ1) is 14.4. The van der Waals surface area contributed by atoms with E-state index in [1.807, 2.05) is 42.2 Å². The number of hydrogen-bond acceptors (Lipinski definition) is 5. The van der Waals surface area contributed by atoms with E-state index in [1.54, 1.807) is 6.20 Å². The number of halogens is 3. The molecule has 0 bridgehead atoms. The minimum Gasteiger partial charge on any atom is -0.396 e. The van der Waals surface area contributed by atoms with Gasteiger partial charge in [-0.05, 0) is 18.6 Å². The Kier molecular flexibility index (Phi) is 5.03. The van der Waals surface area contributed by atoms with Crippen LogP contribution in [0.1, 0.15) is 18.1 Å². The fourth-order valence-electron chi connectivity index (χ4n) is 3.23. The van der Waals surface area contributed by atoms with Crippen molar-refractivity contribution >= 4 is 22.7 Å². The number of hydrogen-bond donors (Lipinski definition) is 2. The highest BCUT2D eigenvalue weighted by Gasteiger charge is 2.31. The maximum absolute atomic E-state index is 13.2. The van der Waals surface area contributed by atoms with Gasteiger partial charge in [-0.1, -0.05) is 30.3 Å². The number of H-pyrrole nitrogens is 1. The molecule has 1 aromatic carbocycles. The highest BCUT2D eigenvalue weighted by Crippen LogP contribution is 2.35. The Morgan fingerprint density at radius 1 is 1.10 bits per heavy atom. The molecular formula is C21H19F3N6. The lowest BCUT2D eigenvalue weighted by molar-refractivity contribution is -0.137. The SMILES string of the molecule is CCN(Cc1ccccc1)c1ncc(N)c(-c2c[nH]c3ncc(C(F)(F)F)cc23)n1. The number of pyridine rings is 1. The number of fused-ring (bicyclic) bond motifs is 1. The average Bonchev–Trinajstić information content (AvgIpc) is 3.16. The van der Waals surface area contributed by atoms with E-state index in [9.17, 15) is 13.2 Å². The number of anilines is 2. The highest BCUT2D eigenvalue weighted by atomic mass is 19.4. The van der Waals surface area contributed by atoms with Crippen molar-refractivity contribution in [3.05, 3.63) is 66.1 Å². The molecule has 0 aliphatic rings. The number of nitrogens with zero attached hydrogens (tertiary/aromatic N) is 4. The van der Waals surface area contributed by atoms with Gasteiger partial charge in [0.05, 0.1) is 17.4 Å². The summed E-state index contributed by atoms with van der Waals surface area (Å²) in [5.41, 5.74) is 7.75. The van der Waals surface area contributed by atoms with Gasteiger partial charge >= 0.3 is 6.18 Å². The summed E-state index contributed by atoms with van der Waals surface area (Å²) in [5, 5.41) is 0.298. The Balaban J connectivity index is 1.76. The van der Waals surface area contributed by atoms with Crippen molar-refractivity contribution in [2.45, 2.75) is 19.6 Å². The molecule has 4 rings (SSSR count). The number of aromatic amines is 1. The Morgan fingerprint density at radius 2 is 1.87 bits per heavy atom. The van der Waals surface area contributed by atoms with Crippen LogP contribution in [-0.2, 0) is 12.7 Å². The summed E-state index contributed by atoms with van der Waals surface area (Å²) >= 11 is 0. The zero-order valence-electron chi connectivity index (χ0n) is 16.1. The molecule has 0 saturated carbocycles. The lowest BCUT2D eigenvalue weighted by Crippen LogP contribution is -2.24. The van der Waals surface area contributed by atoms with Crippen molar-refractivity contribution in [2.75, 3.05) is 17.2 Å². The van der Waals surface area contributed by atoms with Gasteiger partial charge in [-0.15, -0.1) is 0 Å². The third kappa shape index (κ3) is 3.78. The van der Waals surface area contributed by atoms with Crippen LogP contribution in [0.15, 0.2) is 55.0 Å². The lowest BCUT2D eigenvalue weighted by atomic mass is 10.1. The van der Waals surface area contributed by atoms with Gasteiger partial charge in [0.1, 0.15) is 11.3 Å². The largest absolute Gasteiger partial charge is 0.417 e. The van der Waals surface area contributed by atoms with Gasteiger partial charge in [0.25, 0.3) is 0 Å². The van der Waals surface area contributed by atoms with Crippen LogP contribution in [0.5, 0.6) is 0 Å². The zero-order valence-corrected chi connectivity index (χ0v) is 16.1. The smallest absolute Gasteiger partial charge is 0.396 e. The fourth-order valence-corrected chi connectivity index (χ4v) is 3.23. The normalized spacial score (nSPS) is 11.7. The van der Waals surface area contributed by atoms with Crippen molar-refractivity contribution < 1.29 is 13.2 Å². The van der Waals surface area contributed by atoms with Gasteiger partial charge in [-0.3, -0.25) is 0 Å². The summed E-state index contributed by atoms with van der Waals surface area (Å²) in [6, 6.07) is 10.9. The molecule has 3 heterocycles. The second-order valence-electron chi connectivity index (χ2n) is 6.79. The van der Waals surface area contributed by atoms with Crippen LogP contribution in [0.2, 0.25) is 0 Å². The van der Waals surface area contributed by atoms with Gasteiger partial charge in [0.15, 0.2) is 0 Å². The summed E-state index contributed by atoms with van der Waals surface area (Å²) < 4.78 is 39.5. The molecule has 0 aliphatic carbocycles. The van der Waals surface area contributed by atoms with Crippen LogP contribution in [0.4, 0.5) is 24.8 Å². The Morgan fingerprint density at radius 3 is 2.57 bits per heavy atom. The molecule has 6 nitrogen and oxygen atoms in total. The summed E-state index contributed by atoms with van der Waals surface area (Å²) in [6.07, 6.45) is -0.651. The summed E-state index contributed by atoms with van der Waals surface area (Å²) in [7, 11) is 0. The summed E-state index contributed by atoms with van der Waals surface area (Å²) in [4.78, 5) is 17.7. The number of nitrogens with two attached hydrogens (primary N) is 1. The molecule has 0 saturated heterocycles. The Hall–Kier alpha value is -3.62. The van der Waals surface area contributed by atoms with Gasteiger partial charge < -0.3 is 15.6 Å². The maximum atomic E-state index is 13.2. The second-order valence-corrected chi connectivity index (χ2v) is 6.79. The standard InChI is InChI=1S/C21H19F3N6/c1-2-30(12-13-6-4-3-5-7-13)20-28-11-17(25)18(29-20)16-10-27-19-15(16)8-14(9-26-19)21(22,23)24/h3-11H,2,12,25H2,1H3,(H,26,27). The minimum atomic E-state index is -4.49. The number of nitrogens with one attached hydrogen (secondary N) is 1. The monoisotopic (exact) mass is 412 g/mol. The first kappa shape index (κ1) is 19.7. The molecule has 154 valence electrons. The van der Waals surface area contributed by atoms with Gasteiger partial charge in [-0.25, -0.2) is 15.0 Å². The zero-order chi connectivity index (χ0) is 21.3. The topological polar surface area (TPSA) is 83.7 Å². The average molecular weight is 412 g/mol. The molecule has 4 aromatic rings. The van der Waals surface area contributed by atoms with Crippen molar-refractivity contribution in [1.29, 1.82) is 0 Å². The van der Waals surface area contributed by atoms with Crippen molar-refractivity contribution in [2.24, 2.45) is 0 Å². The predicted molar refractivity (Wildman–Crippen MR) is 110 cm³/mol. The van der Waals surface area contributed by atoms with Crippen LogP contribution in [0, 0.1) is 0 Å². The van der Waals surface area contributed by atoms with Crippen LogP contribution in [0.3, 0.4) is 0 Å². The molecule has 3 aromatic heterocycles. The molecule has 0 aliphatic heterocycles. The van der Waals surface area contributed by atoms with Crippen molar-refractivity contribution in [3.8, 4) is 11.3 Å². The quantitative estimate of drug-likeness (QED) is 0.499. The van der Waals surface area contributed by atoms with Crippen LogP contribution in [0.25, 0.3) is 22.3 Å². The first-order valence-electron chi connectivity index (χ1n) is 9.33. The minimum absolute atomic E-state index is 0.271. The van der Waals surface area contributed by atoms with E-state index in [1.165, 1.54) is 6.20 Å². The molecule has 0 atom stereocenters. The highest BCUT2D eigenvalue weighted by molar-refractivity contribution is 5.95. The van der Waals surface area contributed by atoms with E-state index in [0.717, 1.165) is 17.8 Å². The van der Waals surface area contributed by atoms with E-state index in [-0.39, 0.29) is 5.69 Å². The Bertz CT molecular complexity index is 1170. The van der Waals surface area contributed by atoms with Crippen LogP contribution in [-0.4, -0.2) is 26.5 Å². The summed E-state index contributed by atoms with van der Waals surface area (Å²) in [5.74, 6) is 0.444. The molecule has 0 radical (unpaired) electrons. The lowest BCUT2D eigenvalue weighted by Gasteiger charge is -2.21. The van der Waals surface area contributed by atoms with Crippen molar-refractivity contribution in [1.82, 2.24) is 19.9 Å². The fraction of sp³-hybridized carbons (Fsp3) is 0.190. The number of aromatic nitrogens is 4. The van der Waals surface area contributed by atoms with Gasteiger partial charge in [-0.2, -0.15) is 13.2 Å². The first-order valence-corrected chi connectivity index (χ1v) is 9.33. The molecule has 0 spiro atoms. The van der Waals surface area contributed by atoms with E-state index in [4.69, 9.17) is 5.73 Å².